The van der Waals surface area contributed by atoms with E-state index in [0.29, 0.717) is 30.9 Å². The molecule has 126 valence electrons. The number of carboxylic acid groups (broad SMARTS) is 1. The lowest BCUT2D eigenvalue weighted by molar-refractivity contribution is 0.0698. The molecular formula is C17H24N2O4. The lowest BCUT2D eigenvalue weighted by atomic mass is 10.1. The minimum atomic E-state index is -0.934. The van der Waals surface area contributed by atoms with Crippen LogP contribution < -0.4 is 4.74 Å². The number of aryl methyl sites for hydroxylation is 1. The molecule has 1 N–H and O–H groups in total. The number of fused-ring (bicyclic) bond motifs is 1. The number of hydrogen-bond donors (Lipinski definition) is 1. The van der Waals surface area contributed by atoms with Crippen molar-refractivity contribution in [1.82, 2.24) is 9.47 Å². The topological polar surface area (TPSA) is 63.9 Å². The third-order valence-corrected chi connectivity index (χ3v) is 3.71. The van der Waals surface area contributed by atoms with Gasteiger partial charge in [-0.15, -0.1) is 0 Å². The van der Waals surface area contributed by atoms with Crippen molar-refractivity contribution in [1.29, 1.82) is 0 Å². The number of carbonyl (C=O) groups is 1. The van der Waals surface area contributed by atoms with Crippen molar-refractivity contribution in [2.24, 2.45) is 0 Å². The second-order valence-electron chi connectivity index (χ2n) is 5.82. The minimum Gasteiger partial charge on any atom is -0.492 e. The van der Waals surface area contributed by atoms with Gasteiger partial charge in [-0.1, -0.05) is 0 Å². The van der Waals surface area contributed by atoms with Gasteiger partial charge in [-0.3, -0.25) is 0 Å². The fraction of sp³-hybridized carbons (Fsp3) is 0.471. The highest BCUT2D eigenvalue weighted by Crippen LogP contribution is 2.29. The van der Waals surface area contributed by atoms with Crippen LogP contribution in [0.15, 0.2) is 18.3 Å². The monoisotopic (exact) mass is 320 g/mol. The van der Waals surface area contributed by atoms with Crippen molar-refractivity contribution >= 4 is 16.9 Å². The Labute approximate surface area is 136 Å². The number of benzene rings is 1. The summed E-state index contributed by atoms with van der Waals surface area (Å²) in [4.78, 5) is 13.6. The molecule has 1 aromatic carbocycles. The maximum atomic E-state index is 11.5. The first kappa shape index (κ1) is 17.3. The summed E-state index contributed by atoms with van der Waals surface area (Å²) in [6.45, 7) is 4.48. The summed E-state index contributed by atoms with van der Waals surface area (Å²) in [5.41, 5.74) is 2.20. The summed E-state index contributed by atoms with van der Waals surface area (Å²) in [5, 5.41) is 10.2. The van der Waals surface area contributed by atoms with Crippen molar-refractivity contribution in [3.05, 3.63) is 29.5 Å². The highest BCUT2D eigenvalue weighted by atomic mass is 16.5. The highest BCUT2D eigenvalue weighted by molar-refractivity contribution is 6.04. The van der Waals surface area contributed by atoms with Crippen molar-refractivity contribution in [3.63, 3.8) is 0 Å². The number of hydrogen-bond acceptors (Lipinski definition) is 4. The van der Waals surface area contributed by atoms with E-state index in [1.54, 1.807) is 13.3 Å². The molecule has 2 rings (SSSR count). The van der Waals surface area contributed by atoms with Gasteiger partial charge in [-0.2, -0.15) is 0 Å². The summed E-state index contributed by atoms with van der Waals surface area (Å²) in [7, 11) is 5.60. The molecule has 23 heavy (non-hydrogen) atoms. The molecule has 0 atom stereocenters. The second-order valence-corrected chi connectivity index (χ2v) is 5.82. The normalized spacial score (nSPS) is 11.3. The Balaban J connectivity index is 2.40. The Morgan fingerprint density at radius 3 is 2.65 bits per heavy atom. The van der Waals surface area contributed by atoms with Crippen molar-refractivity contribution in [2.75, 3.05) is 41.0 Å². The number of methoxy groups -OCH3 is 1. The van der Waals surface area contributed by atoms with Gasteiger partial charge in [-0.05, 0) is 38.7 Å². The molecule has 0 fully saturated rings. The van der Waals surface area contributed by atoms with Gasteiger partial charge in [0, 0.05) is 31.8 Å². The van der Waals surface area contributed by atoms with Crippen LogP contribution >= 0.6 is 0 Å². The van der Waals surface area contributed by atoms with Crippen LogP contribution in [-0.2, 0) is 11.3 Å². The molecule has 0 unspecified atom stereocenters. The lowest BCUT2D eigenvalue weighted by Gasteiger charge is -2.13. The Kier molecular flexibility index (Phi) is 5.63. The molecule has 0 spiro atoms. The predicted molar refractivity (Wildman–Crippen MR) is 89.6 cm³/mol. The third kappa shape index (κ3) is 4.03. The standard InChI is InChI=1S/C17H24N2O4/c1-12-9-13(23-8-5-18(2)3)10-14-15(17(20)21)11-19(16(12)14)6-7-22-4/h9-11H,5-8H2,1-4H3,(H,20,21). The molecule has 0 amide bonds. The van der Waals surface area contributed by atoms with E-state index < -0.39 is 5.97 Å². The number of aromatic nitrogens is 1. The summed E-state index contributed by atoms with van der Waals surface area (Å²) >= 11 is 0. The van der Waals surface area contributed by atoms with E-state index in [0.717, 1.165) is 17.6 Å². The zero-order valence-electron chi connectivity index (χ0n) is 14.1. The molecule has 0 saturated heterocycles. The number of nitrogens with zero attached hydrogens (tertiary/aromatic N) is 2. The minimum absolute atomic E-state index is 0.289. The molecule has 1 aromatic heterocycles. The predicted octanol–water partition coefficient (Wildman–Crippen LogP) is 2.23. The summed E-state index contributed by atoms with van der Waals surface area (Å²) in [6.07, 6.45) is 1.67. The Morgan fingerprint density at radius 2 is 2.04 bits per heavy atom. The summed E-state index contributed by atoms with van der Waals surface area (Å²) < 4.78 is 12.8. The molecule has 0 radical (unpaired) electrons. The number of likely N-dealkylation sites (N-methyl/N-ethyl adjacent to an activating group) is 1. The van der Waals surface area contributed by atoms with E-state index in [-0.39, 0.29) is 5.56 Å². The fourth-order valence-electron chi connectivity index (χ4n) is 2.59. The van der Waals surface area contributed by atoms with Crippen molar-refractivity contribution in [2.45, 2.75) is 13.5 Å². The van der Waals surface area contributed by atoms with Gasteiger partial charge in [0.05, 0.1) is 17.7 Å². The van der Waals surface area contributed by atoms with E-state index in [1.165, 1.54) is 0 Å². The first-order chi connectivity index (χ1) is 10.9. The van der Waals surface area contributed by atoms with Gasteiger partial charge in [0.2, 0.25) is 0 Å². The van der Waals surface area contributed by atoms with Crippen LogP contribution in [0.4, 0.5) is 0 Å². The average molecular weight is 320 g/mol. The van der Waals surface area contributed by atoms with Gasteiger partial charge in [-0.25, -0.2) is 4.79 Å². The van der Waals surface area contributed by atoms with Crippen molar-refractivity contribution < 1.29 is 19.4 Å². The quantitative estimate of drug-likeness (QED) is 0.808. The van der Waals surface area contributed by atoms with Crippen LogP contribution in [0.1, 0.15) is 15.9 Å². The van der Waals surface area contributed by atoms with Crippen LogP contribution in [0.2, 0.25) is 0 Å². The van der Waals surface area contributed by atoms with Gasteiger partial charge in [0.1, 0.15) is 12.4 Å². The Hall–Kier alpha value is -2.05. The summed E-state index contributed by atoms with van der Waals surface area (Å²) in [6, 6.07) is 3.76. The zero-order valence-corrected chi connectivity index (χ0v) is 14.1. The van der Waals surface area contributed by atoms with Crippen molar-refractivity contribution in [3.8, 4) is 5.75 Å². The smallest absolute Gasteiger partial charge is 0.337 e. The molecule has 0 aliphatic heterocycles. The van der Waals surface area contributed by atoms with Gasteiger partial charge < -0.3 is 24.0 Å². The molecular weight excluding hydrogens is 296 g/mol. The molecule has 0 aliphatic carbocycles. The van der Waals surface area contributed by atoms with E-state index >= 15 is 0 Å². The number of ether oxygens (including phenoxy) is 2. The Morgan fingerprint density at radius 1 is 1.30 bits per heavy atom. The average Bonchev–Trinajstić information content (AvgIpc) is 2.84. The lowest BCUT2D eigenvalue weighted by Crippen LogP contribution is -2.19. The molecule has 6 heteroatoms. The molecule has 0 bridgehead atoms. The first-order valence-electron chi connectivity index (χ1n) is 7.57. The summed E-state index contributed by atoms with van der Waals surface area (Å²) in [5.74, 6) is -0.236. The highest BCUT2D eigenvalue weighted by Gasteiger charge is 2.17. The largest absolute Gasteiger partial charge is 0.492 e. The van der Waals surface area contributed by atoms with Gasteiger partial charge in [0.25, 0.3) is 0 Å². The second kappa shape index (κ2) is 7.48. The number of rotatable bonds is 8. The van der Waals surface area contributed by atoms with Crippen LogP contribution in [0.25, 0.3) is 10.9 Å². The molecule has 0 saturated carbocycles. The molecule has 6 nitrogen and oxygen atoms in total. The van der Waals surface area contributed by atoms with E-state index in [4.69, 9.17) is 9.47 Å². The van der Waals surface area contributed by atoms with E-state index in [1.807, 2.05) is 42.6 Å². The van der Waals surface area contributed by atoms with Crippen LogP contribution in [0.5, 0.6) is 5.75 Å². The SMILES string of the molecule is COCCn1cc(C(=O)O)c2cc(OCCN(C)C)cc(C)c21. The fourth-order valence-corrected chi connectivity index (χ4v) is 2.59. The van der Waals surface area contributed by atoms with Crippen LogP contribution in [-0.4, -0.2) is 61.5 Å². The van der Waals surface area contributed by atoms with Crippen LogP contribution in [0.3, 0.4) is 0 Å². The van der Waals surface area contributed by atoms with Gasteiger partial charge in [0.15, 0.2) is 0 Å². The third-order valence-electron chi connectivity index (χ3n) is 3.71. The Bertz CT molecular complexity index is 691. The van der Waals surface area contributed by atoms with Gasteiger partial charge >= 0.3 is 5.97 Å². The zero-order chi connectivity index (χ0) is 17.0. The molecule has 2 aromatic rings. The molecule has 1 heterocycles. The van der Waals surface area contributed by atoms with E-state index in [2.05, 4.69) is 0 Å². The number of carboxylic acids is 1. The maximum Gasteiger partial charge on any atom is 0.337 e. The molecule has 0 aliphatic rings. The van der Waals surface area contributed by atoms with E-state index in [9.17, 15) is 9.90 Å². The van der Waals surface area contributed by atoms with Crippen LogP contribution in [0, 0.1) is 6.92 Å². The first-order valence-corrected chi connectivity index (χ1v) is 7.57. The maximum absolute atomic E-state index is 11.5. The number of aromatic carboxylic acids is 1.